The molecule has 2 aromatic heterocycles. The maximum atomic E-state index is 9.00. The van der Waals surface area contributed by atoms with Crippen LogP contribution in [0.2, 0.25) is 0 Å². The Morgan fingerprint density at radius 2 is 1.87 bits per heavy atom. The van der Waals surface area contributed by atoms with Crippen molar-refractivity contribution >= 4 is 22.8 Å². The first kappa shape index (κ1) is 10.8. The molecule has 6 heteroatoms. The third-order valence-corrected chi connectivity index (χ3v) is 1.42. The van der Waals surface area contributed by atoms with Crippen molar-refractivity contribution < 1.29 is 9.90 Å². The molecule has 0 aliphatic carbocycles. The summed E-state index contributed by atoms with van der Waals surface area (Å²) in [6.45, 7) is 1.08. The van der Waals surface area contributed by atoms with Gasteiger partial charge < -0.3 is 10.8 Å². The zero-order valence-electron chi connectivity index (χ0n) is 8.08. The third kappa shape index (κ3) is 3.18. The van der Waals surface area contributed by atoms with Crippen LogP contribution in [0.15, 0.2) is 24.7 Å². The Hall–Kier alpha value is -2.24. The van der Waals surface area contributed by atoms with Crippen molar-refractivity contribution in [2.75, 3.05) is 5.73 Å². The van der Waals surface area contributed by atoms with Crippen LogP contribution in [0, 0.1) is 0 Å². The van der Waals surface area contributed by atoms with Crippen molar-refractivity contribution in [2.45, 2.75) is 6.92 Å². The van der Waals surface area contributed by atoms with E-state index in [0.29, 0.717) is 11.3 Å². The lowest BCUT2D eigenvalue weighted by atomic mass is 10.4. The molecule has 0 atom stereocenters. The second-order valence-corrected chi connectivity index (χ2v) is 2.64. The van der Waals surface area contributed by atoms with Crippen LogP contribution >= 0.6 is 0 Å². The molecular formula is C9H10N4O2. The maximum Gasteiger partial charge on any atom is 0.300 e. The van der Waals surface area contributed by atoms with E-state index < -0.39 is 5.97 Å². The molecule has 0 unspecified atom stereocenters. The number of carboxylic acids is 1. The highest BCUT2D eigenvalue weighted by Gasteiger charge is 1.97. The highest BCUT2D eigenvalue weighted by Crippen LogP contribution is 2.11. The second-order valence-electron chi connectivity index (χ2n) is 2.64. The molecule has 2 heterocycles. The zero-order valence-corrected chi connectivity index (χ0v) is 8.08. The summed E-state index contributed by atoms with van der Waals surface area (Å²) in [6, 6.07) is 1.78. The lowest BCUT2D eigenvalue weighted by Gasteiger charge is -1.95. The smallest absolute Gasteiger partial charge is 0.300 e. The van der Waals surface area contributed by atoms with Crippen LogP contribution in [-0.4, -0.2) is 26.0 Å². The van der Waals surface area contributed by atoms with Gasteiger partial charge in [-0.05, 0) is 6.07 Å². The number of nitrogens with zero attached hydrogens (tertiary/aromatic N) is 3. The molecule has 0 radical (unpaired) electrons. The number of aliphatic carboxylic acids is 1. The highest BCUT2D eigenvalue weighted by atomic mass is 16.4. The fourth-order valence-electron chi connectivity index (χ4n) is 0.917. The lowest BCUT2D eigenvalue weighted by molar-refractivity contribution is -0.134. The van der Waals surface area contributed by atoms with Gasteiger partial charge >= 0.3 is 0 Å². The van der Waals surface area contributed by atoms with Crippen LogP contribution in [0.25, 0.3) is 11.0 Å². The van der Waals surface area contributed by atoms with Gasteiger partial charge in [0, 0.05) is 25.5 Å². The van der Waals surface area contributed by atoms with Gasteiger partial charge in [0.15, 0.2) is 5.82 Å². The molecule has 0 aromatic carbocycles. The summed E-state index contributed by atoms with van der Waals surface area (Å²) in [5.41, 5.74) is 6.98. The van der Waals surface area contributed by atoms with Crippen LogP contribution in [0.4, 0.5) is 5.82 Å². The molecule has 0 spiro atoms. The number of nitrogens with two attached hydrogens (primary N) is 1. The molecule has 0 amide bonds. The second kappa shape index (κ2) is 4.85. The standard InChI is InChI=1S/C7H6N4.C2H4O2/c8-7-6-5(1-2-11-7)9-3-4-10-6;1-2(3)4/h1-4H,(H2,8,11);1H3,(H,3,4). The number of rotatable bonds is 0. The van der Waals surface area contributed by atoms with Gasteiger partial charge in [-0.25, -0.2) is 9.97 Å². The topological polar surface area (TPSA) is 102 Å². The van der Waals surface area contributed by atoms with Crippen LogP contribution in [-0.2, 0) is 4.79 Å². The van der Waals surface area contributed by atoms with Gasteiger partial charge in [0.2, 0.25) is 0 Å². The van der Waals surface area contributed by atoms with E-state index in [9.17, 15) is 0 Å². The average Bonchev–Trinajstić information content (AvgIpc) is 2.18. The fourth-order valence-corrected chi connectivity index (χ4v) is 0.917. The predicted octanol–water partition coefficient (Wildman–Crippen LogP) is 0.698. The fraction of sp³-hybridized carbons (Fsp3) is 0.111. The number of fused-ring (bicyclic) bond motifs is 1. The normalized spacial score (nSPS) is 9.13. The molecule has 15 heavy (non-hydrogen) atoms. The first-order valence-electron chi connectivity index (χ1n) is 4.12. The highest BCUT2D eigenvalue weighted by molar-refractivity contribution is 5.83. The van der Waals surface area contributed by atoms with Gasteiger partial charge in [-0.15, -0.1) is 0 Å². The largest absolute Gasteiger partial charge is 0.481 e. The Kier molecular flexibility index (Phi) is 3.50. The van der Waals surface area contributed by atoms with E-state index in [4.69, 9.17) is 15.6 Å². The molecule has 78 valence electrons. The Bertz CT molecular complexity index is 463. The summed E-state index contributed by atoms with van der Waals surface area (Å²) in [5.74, 6) is -0.407. The van der Waals surface area contributed by atoms with Crippen molar-refractivity contribution in [3.63, 3.8) is 0 Å². The van der Waals surface area contributed by atoms with Crippen molar-refractivity contribution in [3.8, 4) is 0 Å². The van der Waals surface area contributed by atoms with E-state index in [1.54, 1.807) is 24.7 Å². The van der Waals surface area contributed by atoms with Gasteiger partial charge in [-0.3, -0.25) is 9.78 Å². The number of carboxylic acid groups (broad SMARTS) is 1. The van der Waals surface area contributed by atoms with E-state index in [2.05, 4.69) is 15.0 Å². The van der Waals surface area contributed by atoms with Crippen LogP contribution < -0.4 is 5.73 Å². The molecular weight excluding hydrogens is 196 g/mol. The number of anilines is 1. The average molecular weight is 206 g/mol. The summed E-state index contributed by atoms with van der Waals surface area (Å²) in [7, 11) is 0. The molecule has 2 rings (SSSR count). The summed E-state index contributed by atoms with van der Waals surface area (Å²) in [6.07, 6.45) is 4.84. The quantitative estimate of drug-likeness (QED) is 0.657. The van der Waals surface area contributed by atoms with E-state index in [1.807, 2.05) is 0 Å². The zero-order chi connectivity index (χ0) is 11.3. The van der Waals surface area contributed by atoms with Crippen molar-refractivity contribution in [1.82, 2.24) is 15.0 Å². The van der Waals surface area contributed by atoms with Crippen molar-refractivity contribution in [2.24, 2.45) is 0 Å². The molecule has 0 bridgehead atoms. The molecule has 0 saturated heterocycles. The number of nitrogen functional groups attached to an aromatic ring is 1. The molecule has 2 aromatic rings. The Morgan fingerprint density at radius 1 is 1.27 bits per heavy atom. The number of carbonyl (C=O) groups is 1. The summed E-state index contributed by atoms with van der Waals surface area (Å²) >= 11 is 0. The molecule has 0 aliphatic rings. The number of hydrogen-bond acceptors (Lipinski definition) is 5. The first-order valence-corrected chi connectivity index (χ1v) is 4.12. The van der Waals surface area contributed by atoms with Crippen molar-refractivity contribution in [1.29, 1.82) is 0 Å². The van der Waals surface area contributed by atoms with E-state index in [0.717, 1.165) is 12.4 Å². The Labute approximate surface area is 85.8 Å². The van der Waals surface area contributed by atoms with Gasteiger partial charge in [-0.2, -0.15) is 0 Å². The molecule has 3 N–H and O–H groups in total. The minimum atomic E-state index is -0.833. The number of hydrogen-bond donors (Lipinski definition) is 2. The van der Waals surface area contributed by atoms with Gasteiger partial charge in [-0.1, -0.05) is 0 Å². The summed E-state index contributed by atoms with van der Waals surface area (Å²) < 4.78 is 0. The monoisotopic (exact) mass is 206 g/mol. The lowest BCUT2D eigenvalue weighted by Crippen LogP contribution is -1.93. The van der Waals surface area contributed by atoms with Crippen LogP contribution in [0.3, 0.4) is 0 Å². The van der Waals surface area contributed by atoms with E-state index in [1.165, 1.54) is 0 Å². The first-order chi connectivity index (χ1) is 7.11. The Balaban J connectivity index is 0.000000245. The van der Waals surface area contributed by atoms with Crippen molar-refractivity contribution in [3.05, 3.63) is 24.7 Å². The van der Waals surface area contributed by atoms with E-state index >= 15 is 0 Å². The molecule has 6 nitrogen and oxygen atoms in total. The SMILES string of the molecule is CC(=O)O.Nc1nccc2nccnc12. The number of aromatic nitrogens is 3. The van der Waals surface area contributed by atoms with Gasteiger partial charge in [0.25, 0.3) is 5.97 Å². The minimum Gasteiger partial charge on any atom is -0.481 e. The minimum absolute atomic E-state index is 0.426. The summed E-state index contributed by atoms with van der Waals surface area (Å²) in [4.78, 5) is 21.0. The van der Waals surface area contributed by atoms with Crippen LogP contribution in [0.1, 0.15) is 6.92 Å². The predicted molar refractivity (Wildman–Crippen MR) is 55.1 cm³/mol. The summed E-state index contributed by atoms with van der Waals surface area (Å²) in [5, 5.41) is 7.42. The third-order valence-electron chi connectivity index (χ3n) is 1.42. The van der Waals surface area contributed by atoms with E-state index in [-0.39, 0.29) is 0 Å². The Morgan fingerprint density at radius 3 is 2.47 bits per heavy atom. The number of pyridine rings is 1. The molecule has 0 fully saturated rings. The molecule has 0 saturated carbocycles. The maximum absolute atomic E-state index is 9.00. The van der Waals surface area contributed by atoms with Gasteiger partial charge in [0.05, 0.1) is 5.52 Å². The molecule has 0 aliphatic heterocycles. The van der Waals surface area contributed by atoms with Crippen LogP contribution in [0.5, 0.6) is 0 Å². The van der Waals surface area contributed by atoms with Gasteiger partial charge in [0.1, 0.15) is 5.52 Å².